The van der Waals surface area contributed by atoms with E-state index in [0.717, 1.165) is 31.7 Å². The van der Waals surface area contributed by atoms with Gasteiger partial charge in [-0.15, -0.1) is 11.3 Å². The SMILES string of the molecule is CCc1cc2c(=O)n(CC(=O)c3ccc(OC)cc3)c(=O)n(Cc3ccc(-c4ccccc4-c4noc(=O)[nH]4)cc3C)c2s1.[H-].[K+]. The van der Waals surface area contributed by atoms with Gasteiger partial charge in [-0.25, -0.2) is 9.59 Å². The quantitative estimate of drug-likeness (QED) is 0.188. The molecule has 45 heavy (non-hydrogen) atoms. The summed E-state index contributed by atoms with van der Waals surface area (Å²) in [6.45, 7) is 3.78. The molecule has 0 amide bonds. The number of Topliss-reactive ketones (excluding diaryl/α,β-unsaturated/α-hetero) is 1. The molecule has 0 fully saturated rings. The third-order valence-electron chi connectivity index (χ3n) is 7.61. The van der Waals surface area contributed by atoms with Gasteiger partial charge >= 0.3 is 62.8 Å². The molecule has 1 N–H and O–H groups in total. The second-order valence-corrected chi connectivity index (χ2v) is 11.4. The van der Waals surface area contributed by atoms with Crippen LogP contribution in [0.3, 0.4) is 0 Å². The topological polar surface area (TPSA) is 129 Å². The number of nitrogens with one attached hydrogen (secondary N) is 1. The van der Waals surface area contributed by atoms with Gasteiger partial charge in [0, 0.05) is 16.0 Å². The molecule has 10 nitrogen and oxygen atoms in total. The molecular formula is C33H29KN4O6S. The average molecular weight is 649 g/mol. The molecule has 12 heteroatoms. The minimum Gasteiger partial charge on any atom is -1.00 e. The van der Waals surface area contributed by atoms with Crippen molar-refractivity contribution in [2.24, 2.45) is 0 Å². The number of nitrogens with zero attached hydrogens (tertiary/aromatic N) is 3. The third-order valence-corrected chi connectivity index (χ3v) is 8.92. The number of hydrogen-bond acceptors (Lipinski definition) is 8. The average Bonchev–Trinajstić information content (AvgIpc) is 3.68. The van der Waals surface area contributed by atoms with Gasteiger partial charge in [0.2, 0.25) is 0 Å². The Hall–Kier alpha value is -3.65. The van der Waals surface area contributed by atoms with Crippen molar-refractivity contribution in [3.05, 3.63) is 126 Å². The maximum absolute atomic E-state index is 13.9. The summed E-state index contributed by atoms with van der Waals surface area (Å²) in [4.78, 5) is 56.3. The van der Waals surface area contributed by atoms with Crippen LogP contribution in [0.15, 0.2) is 91.7 Å². The molecular weight excluding hydrogens is 620 g/mol. The van der Waals surface area contributed by atoms with Crippen molar-refractivity contribution >= 4 is 27.3 Å². The summed E-state index contributed by atoms with van der Waals surface area (Å²) in [7, 11) is 1.54. The van der Waals surface area contributed by atoms with Gasteiger partial charge in [-0.3, -0.25) is 28.2 Å². The number of methoxy groups -OCH3 is 1. The first kappa shape index (κ1) is 32.7. The second-order valence-electron chi connectivity index (χ2n) is 10.3. The minimum absolute atomic E-state index is 0. The first-order valence-electron chi connectivity index (χ1n) is 14.0. The maximum atomic E-state index is 13.9. The van der Waals surface area contributed by atoms with Gasteiger partial charge in [-0.05, 0) is 65.9 Å². The number of H-pyrrole nitrogens is 1. The van der Waals surface area contributed by atoms with Crippen LogP contribution in [0.4, 0.5) is 0 Å². The van der Waals surface area contributed by atoms with Crippen molar-refractivity contribution in [3.63, 3.8) is 0 Å². The van der Waals surface area contributed by atoms with E-state index >= 15 is 0 Å². The number of rotatable bonds is 9. The van der Waals surface area contributed by atoms with E-state index in [1.54, 1.807) is 28.8 Å². The molecule has 0 unspecified atom stereocenters. The Morgan fingerprint density at radius 3 is 2.38 bits per heavy atom. The predicted octanol–water partition coefficient (Wildman–Crippen LogP) is 2.16. The van der Waals surface area contributed by atoms with Crippen molar-refractivity contribution in [1.29, 1.82) is 0 Å². The summed E-state index contributed by atoms with van der Waals surface area (Å²) < 4.78 is 12.5. The van der Waals surface area contributed by atoms with Crippen molar-refractivity contribution in [3.8, 4) is 28.3 Å². The molecule has 0 aliphatic carbocycles. The molecule has 3 aromatic heterocycles. The zero-order valence-corrected chi connectivity index (χ0v) is 29.2. The van der Waals surface area contributed by atoms with Gasteiger partial charge in [0.05, 0.1) is 25.6 Å². The maximum Gasteiger partial charge on any atom is 1.00 e. The zero-order chi connectivity index (χ0) is 31.0. The smallest absolute Gasteiger partial charge is 1.00 e. The zero-order valence-electron chi connectivity index (χ0n) is 26.2. The van der Waals surface area contributed by atoms with Crippen LogP contribution < -0.4 is 73.1 Å². The van der Waals surface area contributed by atoms with Crippen molar-refractivity contribution in [1.82, 2.24) is 19.3 Å². The monoisotopic (exact) mass is 648 g/mol. The Bertz CT molecular complexity index is 2210. The number of thiophene rings is 1. The van der Waals surface area contributed by atoms with Crippen LogP contribution in [-0.2, 0) is 19.5 Å². The van der Waals surface area contributed by atoms with Crippen LogP contribution >= 0.6 is 11.3 Å². The molecule has 3 aromatic carbocycles. The molecule has 0 atom stereocenters. The summed E-state index contributed by atoms with van der Waals surface area (Å²) in [5.41, 5.74) is 3.61. The Labute approximate surface area is 305 Å². The number of benzene rings is 3. The van der Waals surface area contributed by atoms with E-state index < -0.39 is 17.0 Å². The summed E-state index contributed by atoms with van der Waals surface area (Å²) in [6.07, 6.45) is 0.710. The number of carbonyl (C=O) groups is 1. The Kier molecular flexibility index (Phi) is 10.0. The number of carbonyl (C=O) groups excluding carboxylic acids is 1. The number of aromatic nitrogens is 4. The van der Waals surface area contributed by atoms with Crippen LogP contribution in [0, 0.1) is 6.92 Å². The molecule has 0 bridgehead atoms. The molecule has 6 aromatic rings. The van der Waals surface area contributed by atoms with Crippen LogP contribution in [0.2, 0.25) is 0 Å². The molecule has 3 heterocycles. The fraction of sp³-hybridized carbons (Fsp3) is 0.182. The minimum atomic E-state index is -0.634. The normalized spacial score (nSPS) is 11.0. The molecule has 0 saturated heterocycles. The van der Waals surface area contributed by atoms with Gasteiger partial charge in [0.1, 0.15) is 10.6 Å². The van der Waals surface area contributed by atoms with E-state index in [0.29, 0.717) is 39.3 Å². The Morgan fingerprint density at radius 2 is 1.73 bits per heavy atom. The number of aromatic amines is 1. The van der Waals surface area contributed by atoms with Gasteiger partial charge < -0.3 is 6.16 Å². The molecule has 0 radical (unpaired) electrons. The summed E-state index contributed by atoms with van der Waals surface area (Å²) in [5.74, 6) is -0.0516. The summed E-state index contributed by atoms with van der Waals surface area (Å²) in [6, 6.07) is 21.8. The van der Waals surface area contributed by atoms with Gasteiger partial charge in [-0.1, -0.05) is 54.5 Å². The van der Waals surface area contributed by atoms with Crippen molar-refractivity contribution in [2.45, 2.75) is 33.4 Å². The number of ether oxygens (including phenoxy) is 1. The Morgan fingerprint density at radius 1 is 1.00 bits per heavy atom. The first-order valence-corrected chi connectivity index (χ1v) is 14.8. The van der Waals surface area contributed by atoms with Crippen LogP contribution in [0.1, 0.15) is 34.7 Å². The van der Waals surface area contributed by atoms with Crippen molar-refractivity contribution < 1.29 is 66.9 Å². The molecule has 6 rings (SSSR count). The van der Waals surface area contributed by atoms with E-state index in [1.807, 2.05) is 62.4 Å². The van der Waals surface area contributed by atoms with Gasteiger partial charge in [-0.2, -0.15) is 0 Å². The Balaban J connectivity index is 0.00000240. The van der Waals surface area contributed by atoms with E-state index in [-0.39, 0.29) is 71.7 Å². The first-order chi connectivity index (χ1) is 21.3. The third kappa shape index (κ3) is 6.53. The van der Waals surface area contributed by atoms with Crippen LogP contribution in [-0.4, -0.2) is 32.2 Å². The fourth-order valence-corrected chi connectivity index (χ4v) is 6.29. The van der Waals surface area contributed by atoms with Crippen LogP contribution in [0.25, 0.3) is 32.7 Å². The fourth-order valence-electron chi connectivity index (χ4n) is 5.21. The second kappa shape index (κ2) is 13.8. The van der Waals surface area contributed by atoms with Crippen LogP contribution in [0.5, 0.6) is 5.75 Å². The standard InChI is InChI=1S/C33H28N4O6S.K.H/c1-4-24-16-27-30(39)36(18-28(38)20-11-13-23(42-3)14-12-20)33(41)37(31(27)44-24)17-22-10-9-21(15-19(22)2)25-7-5-6-8-26(25)29-34-32(40)43-35-29;;/h5-16H,4,17-18H2,1-3H3,(H,34,35,40);;/q;+1;-1. The number of fused-ring (bicyclic) bond motifs is 1. The largest absolute Gasteiger partial charge is 1.00 e. The van der Waals surface area contributed by atoms with Gasteiger partial charge in [0.15, 0.2) is 11.6 Å². The summed E-state index contributed by atoms with van der Waals surface area (Å²) in [5, 5.41) is 4.26. The summed E-state index contributed by atoms with van der Waals surface area (Å²) >= 11 is 1.41. The van der Waals surface area contributed by atoms with Crippen molar-refractivity contribution in [2.75, 3.05) is 7.11 Å². The van der Waals surface area contributed by atoms with Gasteiger partial charge in [0.25, 0.3) is 5.56 Å². The number of hydrogen-bond donors (Lipinski definition) is 1. The van der Waals surface area contributed by atoms with E-state index in [4.69, 9.17) is 9.26 Å². The van der Waals surface area contributed by atoms with E-state index in [9.17, 15) is 19.2 Å². The molecule has 0 spiro atoms. The number of aryl methyl sites for hydroxylation is 2. The predicted molar refractivity (Wildman–Crippen MR) is 170 cm³/mol. The molecule has 224 valence electrons. The molecule has 0 aliphatic rings. The van der Waals surface area contributed by atoms with E-state index in [2.05, 4.69) is 10.1 Å². The molecule has 0 saturated carbocycles. The number of ketones is 1. The molecule has 0 aliphatic heterocycles. The van der Waals surface area contributed by atoms with E-state index in [1.165, 1.54) is 18.4 Å².